The second-order valence-electron chi connectivity index (χ2n) is 5.82. The number of hydrogen-bond acceptors (Lipinski definition) is 5. The smallest absolute Gasteiger partial charge is 0.295 e. The molecule has 0 aliphatic heterocycles. The van der Waals surface area contributed by atoms with Crippen LogP contribution in [-0.4, -0.2) is 22.9 Å². The van der Waals surface area contributed by atoms with Gasteiger partial charge in [0.05, 0.1) is 4.92 Å². The molecule has 1 aromatic heterocycles. The molecule has 1 amide bonds. The fourth-order valence-corrected chi connectivity index (χ4v) is 2.62. The summed E-state index contributed by atoms with van der Waals surface area (Å²) in [6, 6.07) is 19.3. The molecule has 1 heterocycles. The number of nitrogens with one attached hydrogen (secondary N) is 2. The normalized spacial score (nSPS) is 10.3. The molecular formula is C20H18N4O3. The lowest BCUT2D eigenvalue weighted by Gasteiger charge is -2.09. The first kappa shape index (κ1) is 18.1. The summed E-state index contributed by atoms with van der Waals surface area (Å²) in [5, 5.41) is 17.1. The zero-order valence-corrected chi connectivity index (χ0v) is 14.7. The monoisotopic (exact) mass is 362 g/mol. The highest BCUT2D eigenvalue weighted by Gasteiger charge is 2.17. The van der Waals surface area contributed by atoms with E-state index in [0.717, 1.165) is 5.56 Å². The minimum atomic E-state index is -0.434. The maximum Gasteiger partial charge on any atom is 0.295 e. The minimum Gasteiger partial charge on any atom is -0.366 e. The highest BCUT2D eigenvalue weighted by Crippen LogP contribution is 2.29. The second kappa shape index (κ2) is 8.09. The molecule has 2 N–H and O–H groups in total. The predicted molar refractivity (Wildman–Crippen MR) is 103 cm³/mol. The van der Waals surface area contributed by atoms with Crippen LogP contribution in [0.3, 0.4) is 0 Å². The maximum atomic E-state index is 11.6. The Bertz CT molecular complexity index is 957. The number of amides is 1. The molecule has 0 radical (unpaired) electrons. The molecule has 0 bridgehead atoms. The Morgan fingerprint density at radius 2 is 1.74 bits per heavy atom. The van der Waals surface area contributed by atoms with E-state index in [1.165, 1.54) is 6.07 Å². The molecule has 7 heteroatoms. The van der Waals surface area contributed by atoms with E-state index in [4.69, 9.17) is 0 Å². The van der Waals surface area contributed by atoms with Gasteiger partial charge in [-0.25, -0.2) is 4.98 Å². The Morgan fingerprint density at radius 1 is 1.04 bits per heavy atom. The van der Waals surface area contributed by atoms with Gasteiger partial charge in [0.2, 0.25) is 0 Å². The van der Waals surface area contributed by atoms with Gasteiger partial charge in [-0.2, -0.15) is 0 Å². The molecule has 0 saturated heterocycles. The number of anilines is 1. The summed E-state index contributed by atoms with van der Waals surface area (Å²) in [6.07, 6.45) is 0. The van der Waals surface area contributed by atoms with Gasteiger partial charge in [-0.05, 0) is 23.8 Å². The van der Waals surface area contributed by atoms with Crippen molar-refractivity contribution >= 4 is 17.4 Å². The predicted octanol–water partition coefficient (Wildman–Crippen LogP) is 3.63. The van der Waals surface area contributed by atoms with E-state index in [1.54, 1.807) is 37.4 Å². The summed E-state index contributed by atoms with van der Waals surface area (Å²) in [5.41, 5.74) is 2.51. The van der Waals surface area contributed by atoms with Crippen LogP contribution in [0.15, 0.2) is 66.7 Å². The fraction of sp³-hybridized carbons (Fsp3) is 0.100. The summed E-state index contributed by atoms with van der Waals surface area (Å²) < 4.78 is 0. The first-order chi connectivity index (χ1) is 13.1. The third kappa shape index (κ3) is 4.27. The summed E-state index contributed by atoms with van der Waals surface area (Å²) in [7, 11) is 1.59. The number of carbonyl (C=O) groups excluding carboxylic acids is 1. The van der Waals surface area contributed by atoms with Crippen molar-refractivity contribution in [3.05, 3.63) is 88.0 Å². The summed E-state index contributed by atoms with van der Waals surface area (Å²) in [5.74, 6) is 0.397. The number of carbonyl (C=O) groups is 1. The van der Waals surface area contributed by atoms with Crippen molar-refractivity contribution in [2.24, 2.45) is 0 Å². The van der Waals surface area contributed by atoms with E-state index in [-0.39, 0.29) is 11.6 Å². The molecule has 2 aromatic carbocycles. The van der Waals surface area contributed by atoms with E-state index < -0.39 is 4.92 Å². The lowest BCUT2D eigenvalue weighted by Crippen LogP contribution is -2.17. The number of nitrogens with zero attached hydrogens (tertiary/aromatic N) is 2. The zero-order chi connectivity index (χ0) is 19.2. The topological polar surface area (TPSA) is 97.2 Å². The number of benzene rings is 2. The first-order valence-electron chi connectivity index (χ1n) is 8.34. The molecule has 3 aromatic rings. The zero-order valence-electron chi connectivity index (χ0n) is 14.7. The van der Waals surface area contributed by atoms with Gasteiger partial charge in [-0.15, -0.1) is 0 Å². The maximum absolute atomic E-state index is 11.6. The molecule has 0 spiro atoms. The molecule has 7 nitrogen and oxygen atoms in total. The largest absolute Gasteiger partial charge is 0.366 e. The standard InChI is InChI=1S/C20H18N4O3/c1-21-20(25)16-9-7-14(8-10-16)13-22-18-12-11-17(24(26)27)19(23-18)15-5-3-2-4-6-15/h2-12H,13H2,1H3,(H,21,25)(H,22,23). The quantitative estimate of drug-likeness (QED) is 0.515. The minimum absolute atomic E-state index is 0.0401. The number of nitro groups is 1. The van der Waals surface area contributed by atoms with E-state index in [0.29, 0.717) is 29.2 Å². The van der Waals surface area contributed by atoms with Crippen LogP contribution in [-0.2, 0) is 6.54 Å². The number of pyridine rings is 1. The molecular weight excluding hydrogens is 344 g/mol. The van der Waals surface area contributed by atoms with Gasteiger partial charge in [0.15, 0.2) is 5.69 Å². The van der Waals surface area contributed by atoms with Crippen molar-refractivity contribution in [3.8, 4) is 11.3 Å². The number of rotatable bonds is 6. The molecule has 3 rings (SSSR count). The van der Waals surface area contributed by atoms with E-state index >= 15 is 0 Å². The third-order valence-electron chi connectivity index (χ3n) is 4.03. The van der Waals surface area contributed by atoms with Crippen LogP contribution in [0, 0.1) is 10.1 Å². The van der Waals surface area contributed by atoms with Crippen molar-refractivity contribution in [2.45, 2.75) is 6.54 Å². The summed E-state index contributed by atoms with van der Waals surface area (Å²) >= 11 is 0. The van der Waals surface area contributed by atoms with Crippen LogP contribution in [0.2, 0.25) is 0 Å². The Labute approximate surface area is 156 Å². The Hall–Kier alpha value is -3.74. The SMILES string of the molecule is CNC(=O)c1ccc(CNc2ccc([N+](=O)[O-])c(-c3ccccc3)n2)cc1. The molecule has 0 atom stereocenters. The van der Waals surface area contributed by atoms with Crippen LogP contribution < -0.4 is 10.6 Å². The highest BCUT2D eigenvalue weighted by atomic mass is 16.6. The van der Waals surface area contributed by atoms with Crippen LogP contribution >= 0.6 is 0 Å². The first-order valence-corrected chi connectivity index (χ1v) is 8.34. The average molecular weight is 362 g/mol. The van der Waals surface area contributed by atoms with Crippen molar-refractivity contribution < 1.29 is 9.72 Å². The lowest BCUT2D eigenvalue weighted by molar-refractivity contribution is -0.384. The van der Waals surface area contributed by atoms with Crippen molar-refractivity contribution in [1.29, 1.82) is 0 Å². The molecule has 136 valence electrons. The molecule has 0 unspecified atom stereocenters. The second-order valence-corrected chi connectivity index (χ2v) is 5.82. The molecule has 0 saturated carbocycles. The molecule has 27 heavy (non-hydrogen) atoms. The van der Waals surface area contributed by atoms with Crippen LogP contribution in [0.25, 0.3) is 11.3 Å². The molecule has 0 fully saturated rings. The summed E-state index contributed by atoms with van der Waals surface area (Å²) in [6.45, 7) is 0.479. The Balaban J connectivity index is 1.79. The Kier molecular flexibility index (Phi) is 5.41. The van der Waals surface area contributed by atoms with Crippen LogP contribution in [0.5, 0.6) is 0 Å². The third-order valence-corrected chi connectivity index (χ3v) is 4.03. The van der Waals surface area contributed by atoms with Crippen LogP contribution in [0.1, 0.15) is 15.9 Å². The van der Waals surface area contributed by atoms with Crippen molar-refractivity contribution in [2.75, 3.05) is 12.4 Å². The highest BCUT2D eigenvalue weighted by molar-refractivity contribution is 5.93. The number of aromatic nitrogens is 1. The van der Waals surface area contributed by atoms with Gasteiger partial charge in [0.1, 0.15) is 5.82 Å². The van der Waals surface area contributed by atoms with E-state index in [1.807, 2.05) is 30.3 Å². The van der Waals surface area contributed by atoms with Gasteiger partial charge in [-0.3, -0.25) is 14.9 Å². The van der Waals surface area contributed by atoms with Gasteiger partial charge in [0, 0.05) is 30.8 Å². The van der Waals surface area contributed by atoms with Gasteiger partial charge < -0.3 is 10.6 Å². The van der Waals surface area contributed by atoms with E-state index in [2.05, 4.69) is 15.6 Å². The fourth-order valence-electron chi connectivity index (χ4n) is 2.62. The van der Waals surface area contributed by atoms with Crippen molar-refractivity contribution in [3.63, 3.8) is 0 Å². The van der Waals surface area contributed by atoms with Crippen LogP contribution in [0.4, 0.5) is 11.5 Å². The number of hydrogen-bond donors (Lipinski definition) is 2. The van der Waals surface area contributed by atoms with Gasteiger partial charge >= 0.3 is 0 Å². The average Bonchev–Trinajstić information content (AvgIpc) is 2.72. The van der Waals surface area contributed by atoms with E-state index in [9.17, 15) is 14.9 Å². The van der Waals surface area contributed by atoms with Crippen molar-refractivity contribution in [1.82, 2.24) is 10.3 Å². The Morgan fingerprint density at radius 3 is 2.37 bits per heavy atom. The van der Waals surface area contributed by atoms with Gasteiger partial charge in [-0.1, -0.05) is 42.5 Å². The summed E-state index contributed by atoms with van der Waals surface area (Å²) in [4.78, 5) is 26.9. The molecule has 0 aliphatic carbocycles. The molecule has 0 aliphatic rings. The lowest BCUT2D eigenvalue weighted by atomic mass is 10.1. The van der Waals surface area contributed by atoms with Gasteiger partial charge in [0.25, 0.3) is 11.6 Å².